The van der Waals surface area contributed by atoms with Gasteiger partial charge in [-0.1, -0.05) is 41.9 Å². The maximum atomic E-state index is 12.8. The van der Waals surface area contributed by atoms with Crippen molar-refractivity contribution in [3.63, 3.8) is 0 Å². The second-order valence-electron chi connectivity index (χ2n) is 7.80. The molecule has 2 aromatic carbocycles. The zero-order chi connectivity index (χ0) is 21.6. The van der Waals surface area contributed by atoms with Crippen LogP contribution in [-0.4, -0.2) is 28.4 Å². The Morgan fingerprint density at radius 3 is 2.59 bits per heavy atom. The molecule has 1 fully saturated rings. The number of carbonyl (C=O) groups excluding carboxylic acids is 1. The Hall–Kier alpha value is -2.91. The molecule has 1 aromatic heterocycles. The molecule has 32 heavy (non-hydrogen) atoms. The molecule has 0 unspecified atom stereocenters. The van der Waals surface area contributed by atoms with Crippen molar-refractivity contribution in [1.29, 1.82) is 5.26 Å². The number of amides is 1. The average Bonchev–Trinajstić information content (AvgIpc) is 3.12. The molecule has 7 heteroatoms. The Balaban J connectivity index is 0.00000289. The SMILES string of the molecule is Cl.N#Cc1ccc(Cc2cncc(CN[C@H]3CCN(Cc4cccc(Cl)c4)C3=O)c2)cc1. The number of hydrogen-bond donors (Lipinski definition) is 1. The quantitative estimate of drug-likeness (QED) is 0.555. The molecule has 1 N–H and O–H groups in total. The number of rotatable bonds is 7. The summed E-state index contributed by atoms with van der Waals surface area (Å²) in [5, 5.41) is 13.0. The lowest BCUT2D eigenvalue weighted by atomic mass is 10.0. The zero-order valence-corrected chi connectivity index (χ0v) is 19.1. The van der Waals surface area contributed by atoms with Gasteiger partial charge in [0.1, 0.15) is 0 Å². The zero-order valence-electron chi connectivity index (χ0n) is 17.5. The number of carbonyl (C=O) groups is 1. The van der Waals surface area contributed by atoms with Crippen molar-refractivity contribution < 1.29 is 4.79 Å². The highest BCUT2D eigenvalue weighted by Gasteiger charge is 2.31. The van der Waals surface area contributed by atoms with E-state index in [9.17, 15) is 4.79 Å². The molecule has 2 heterocycles. The standard InChI is InChI=1S/C25H23ClN4O.ClH/c26-23-3-1-2-20(12-23)17-30-9-8-24(25(30)31)29-16-22-11-21(14-28-15-22)10-18-4-6-19(13-27)7-5-18;/h1-7,11-12,14-15,24,29H,8-10,16-17H2;1H/t24-;/m0./s1. The summed E-state index contributed by atoms with van der Waals surface area (Å²) in [5.74, 6) is 0.127. The Kier molecular flexibility index (Phi) is 8.24. The van der Waals surface area contributed by atoms with Gasteiger partial charge in [-0.2, -0.15) is 5.26 Å². The van der Waals surface area contributed by atoms with E-state index in [1.807, 2.05) is 65.8 Å². The highest BCUT2D eigenvalue weighted by Crippen LogP contribution is 2.18. The highest BCUT2D eigenvalue weighted by molar-refractivity contribution is 6.30. The van der Waals surface area contributed by atoms with Crippen molar-refractivity contribution in [1.82, 2.24) is 15.2 Å². The molecule has 1 aliphatic heterocycles. The van der Waals surface area contributed by atoms with Gasteiger partial charge in [0.15, 0.2) is 0 Å². The monoisotopic (exact) mass is 466 g/mol. The van der Waals surface area contributed by atoms with Gasteiger partial charge >= 0.3 is 0 Å². The minimum Gasteiger partial charge on any atom is -0.337 e. The van der Waals surface area contributed by atoms with Gasteiger partial charge < -0.3 is 10.2 Å². The van der Waals surface area contributed by atoms with E-state index >= 15 is 0 Å². The maximum absolute atomic E-state index is 12.8. The van der Waals surface area contributed by atoms with E-state index in [0.717, 1.165) is 41.6 Å². The first-order valence-corrected chi connectivity index (χ1v) is 10.7. The van der Waals surface area contributed by atoms with Gasteiger partial charge in [0, 0.05) is 37.1 Å². The van der Waals surface area contributed by atoms with Crippen LogP contribution in [0.2, 0.25) is 5.02 Å². The van der Waals surface area contributed by atoms with Crippen LogP contribution in [0.25, 0.3) is 0 Å². The van der Waals surface area contributed by atoms with E-state index in [1.54, 1.807) is 0 Å². The second kappa shape index (κ2) is 11.1. The van der Waals surface area contributed by atoms with Crippen LogP contribution in [0.15, 0.2) is 67.0 Å². The van der Waals surface area contributed by atoms with E-state index in [2.05, 4.69) is 22.4 Å². The van der Waals surface area contributed by atoms with Crippen molar-refractivity contribution in [3.8, 4) is 6.07 Å². The van der Waals surface area contributed by atoms with E-state index < -0.39 is 0 Å². The summed E-state index contributed by atoms with van der Waals surface area (Å²) in [7, 11) is 0. The molecule has 4 rings (SSSR count). The van der Waals surface area contributed by atoms with Crippen molar-refractivity contribution >= 4 is 29.9 Å². The highest BCUT2D eigenvalue weighted by atomic mass is 35.5. The summed E-state index contributed by atoms with van der Waals surface area (Å²) >= 11 is 6.06. The summed E-state index contributed by atoms with van der Waals surface area (Å²) in [6.45, 7) is 1.91. The largest absolute Gasteiger partial charge is 0.337 e. The van der Waals surface area contributed by atoms with Gasteiger partial charge in [0.25, 0.3) is 0 Å². The Labute approximate surface area is 199 Å². The van der Waals surface area contributed by atoms with Gasteiger partial charge in [0.05, 0.1) is 17.7 Å². The third-order valence-electron chi connectivity index (χ3n) is 5.46. The van der Waals surface area contributed by atoms with Crippen LogP contribution in [0, 0.1) is 11.3 Å². The van der Waals surface area contributed by atoms with Crippen LogP contribution in [0.5, 0.6) is 0 Å². The molecule has 1 atom stereocenters. The predicted molar refractivity (Wildman–Crippen MR) is 128 cm³/mol. The third kappa shape index (κ3) is 6.08. The van der Waals surface area contributed by atoms with E-state index in [-0.39, 0.29) is 24.4 Å². The van der Waals surface area contributed by atoms with Crippen molar-refractivity contribution in [3.05, 3.63) is 99.8 Å². The maximum Gasteiger partial charge on any atom is 0.240 e. The lowest BCUT2D eigenvalue weighted by Crippen LogP contribution is -2.37. The fourth-order valence-corrected chi connectivity index (χ4v) is 4.06. The smallest absolute Gasteiger partial charge is 0.240 e. The van der Waals surface area contributed by atoms with Crippen LogP contribution in [0.4, 0.5) is 0 Å². The van der Waals surface area contributed by atoms with Gasteiger partial charge in [-0.25, -0.2) is 0 Å². The molecule has 164 valence electrons. The van der Waals surface area contributed by atoms with Crippen LogP contribution >= 0.6 is 24.0 Å². The van der Waals surface area contributed by atoms with E-state index in [0.29, 0.717) is 23.7 Å². The number of likely N-dealkylation sites (tertiary alicyclic amines) is 1. The lowest BCUT2D eigenvalue weighted by molar-refractivity contribution is -0.129. The molecule has 3 aromatic rings. The van der Waals surface area contributed by atoms with Crippen LogP contribution in [-0.2, 0) is 24.3 Å². The number of nitrogens with zero attached hydrogens (tertiary/aromatic N) is 3. The Morgan fingerprint density at radius 2 is 1.84 bits per heavy atom. The number of pyridine rings is 1. The molecule has 0 aliphatic carbocycles. The predicted octanol–water partition coefficient (Wildman–Crippen LogP) is 4.51. The summed E-state index contributed by atoms with van der Waals surface area (Å²) in [5.41, 5.74) is 4.98. The fourth-order valence-electron chi connectivity index (χ4n) is 3.85. The third-order valence-corrected chi connectivity index (χ3v) is 5.69. The second-order valence-corrected chi connectivity index (χ2v) is 8.24. The Morgan fingerprint density at radius 1 is 1.06 bits per heavy atom. The number of hydrogen-bond acceptors (Lipinski definition) is 4. The van der Waals surface area contributed by atoms with Crippen molar-refractivity contribution in [2.24, 2.45) is 0 Å². The molecule has 0 radical (unpaired) electrons. The number of halogens is 2. The average molecular weight is 467 g/mol. The normalized spacial score (nSPS) is 15.3. The van der Waals surface area contributed by atoms with E-state index in [1.165, 1.54) is 0 Å². The molecule has 1 saturated heterocycles. The minimum absolute atomic E-state index is 0. The molecular formula is C25H24Cl2N4O. The summed E-state index contributed by atoms with van der Waals surface area (Å²) in [4.78, 5) is 19.0. The topological polar surface area (TPSA) is 69.0 Å². The first kappa shape index (κ1) is 23.7. The molecule has 1 amide bonds. The molecule has 1 aliphatic rings. The summed E-state index contributed by atoms with van der Waals surface area (Å²) < 4.78 is 0. The number of nitrogens with one attached hydrogen (secondary N) is 1. The molecule has 0 saturated carbocycles. The lowest BCUT2D eigenvalue weighted by Gasteiger charge is -2.17. The van der Waals surface area contributed by atoms with Crippen LogP contribution in [0.1, 0.15) is 34.2 Å². The van der Waals surface area contributed by atoms with Crippen molar-refractivity contribution in [2.75, 3.05) is 6.54 Å². The van der Waals surface area contributed by atoms with Crippen LogP contribution in [0.3, 0.4) is 0 Å². The van der Waals surface area contributed by atoms with E-state index in [4.69, 9.17) is 16.9 Å². The number of benzene rings is 2. The Bertz CT molecular complexity index is 1110. The van der Waals surface area contributed by atoms with Gasteiger partial charge in [-0.3, -0.25) is 9.78 Å². The molecule has 0 spiro atoms. The first-order valence-electron chi connectivity index (χ1n) is 10.3. The van der Waals surface area contributed by atoms with Gasteiger partial charge in [-0.05, 0) is 59.4 Å². The summed E-state index contributed by atoms with van der Waals surface area (Å²) in [6, 6.07) is 19.3. The van der Waals surface area contributed by atoms with Crippen molar-refractivity contribution in [2.45, 2.75) is 32.0 Å². The number of aromatic nitrogens is 1. The number of nitriles is 1. The molecule has 0 bridgehead atoms. The van der Waals surface area contributed by atoms with Gasteiger partial charge in [-0.15, -0.1) is 12.4 Å². The summed E-state index contributed by atoms with van der Waals surface area (Å²) in [6.07, 6.45) is 5.23. The van der Waals surface area contributed by atoms with Crippen LogP contribution < -0.4 is 5.32 Å². The first-order chi connectivity index (χ1) is 15.1. The van der Waals surface area contributed by atoms with Gasteiger partial charge in [0.2, 0.25) is 5.91 Å². The minimum atomic E-state index is -0.179. The molecule has 5 nitrogen and oxygen atoms in total. The fraction of sp³-hybridized carbons (Fsp3) is 0.240. The molecular weight excluding hydrogens is 443 g/mol.